The van der Waals surface area contributed by atoms with E-state index in [9.17, 15) is 5.21 Å². The molecule has 0 saturated carbocycles. The molecule has 0 amide bonds. The molecule has 7 heteroatoms. The van der Waals surface area contributed by atoms with Gasteiger partial charge in [-0.05, 0) is 0 Å². The highest BCUT2D eigenvalue weighted by Gasteiger charge is 2.18. The quantitative estimate of drug-likeness (QED) is 0.262. The average Bonchev–Trinajstić information content (AvgIpc) is 1.97. The Balaban J connectivity index is 3.46. The summed E-state index contributed by atoms with van der Waals surface area (Å²) in [7, 11) is 0. The van der Waals surface area contributed by atoms with Crippen LogP contribution in [-0.2, 0) is 0 Å². The third-order valence-corrected chi connectivity index (χ3v) is 1.08. The average molecular weight is 158 g/mol. The number of aromatic nitrogens is 2. The molecule has 60 valence electrons. The predicted molar refractivity (Wildman–Crippen MR) is 35.4 cm³/mol. The van der Waals surface area contributed by atoms with E-state index < -0.39 is 23.4 Å². The summed E-state index contributed by atoms with van der Waals surface area (Å²) in [4.78, 5) is 3.27. The minimum absolute atomic E-state index is 0.211. The number of nitrogens with zero attached hydrogens (tertiary/aromatic N) is 2. The van der Waals surface area contributed by atoms with E-state index in [-0.39, 0.29) is 4.73 Å². The first kappa shape index (κ1) is 7.19. The van der Waals surface area contributed by atoms with Crippen molar-refractivity contribution in [1.82, 2.24) is 4.98 Å². The van der Waals surface area contributed by atoms with E-state index in [0.29, 0.717) is 0 Å². The van der Waals surface area contributed by atoms with Gasteiger partial charge in [-0.2, -0.15) is 4.98 Å². The Morgan fingerprint density at radius 3 is 1.91 bits per heavy atom. The lowest BCUT2D eigenvalue weighted by molar-refractivity contribution is -0.619. The fourth-order valence-corrected chi connectivity index (χ4v) is 0.538. The first-order chi connectivity index (χ1) is 5.04. The van der Waals surface area contributed by atoms with Crippen LogP contribution in [0.3, 0.4) is 0 Å². The number of hydrogen-bond donors (Lipinski definition) is 4. The second kappa shape index (κ2) is 2.04. The molecular formula is C4H6N4O3. The van der Waals surface area contributed by atoms with Crippen LogP contribution in [0.2, 0.25) is 0 Å². The fourth-order valence-electron chi connectivity index (χ4n) is 0.538. The van der Waals surface area contributed by atoms with Gasteiger partial charge in [0, 0.05) is 0 Å². The minimum atomic E-state index is -0.864. The number of aromatic hydroxyl groups is 2. The molecule has 0 radical (unpaired) electrons. The maximum absolute atomic E-state index is 10.6. The van der Waals surface area contributed by atoms with Crippen LogP contribution in [0.4, 0.5) is 11.6 Å². The van der Waals surface area contributed by atoms with E-state index in [1.54, 1.807) is 0 Å². The van der Waals surface area contributed by atoms with Crippen LogP contribution in [-0.4, -0.2) is 15.2 Å². The molecule has 1 heterocycles. The van der Waals surface area contributed by atoms with Crippen molar-refractivity contribution >= 4 is 11.6 Å². The van der Waals surface area contributed by atoms with E-state index in [4.69, 9.17) is 21.7 Å². The third kappa shape index (κ3) is 0.914. The molecule has 0 bridgehead atoms. The summed E-state index contributed by atoms with van der Waals surface area (Å²) < 4.78 is -0.211. The molecule has 11 heavy (non-hydrogen) atoms. The van der Waals surface area contributed by atoms with Gasteiger partial charge in [0.2, 0.25) is 11.6 Å². The van der Waals surface area contributed by atoms with Gasteiger partial charge in [0.15, 0.2) is 0 Å². The number of rotatable bonds is 0. The SMILES string of the molecule is Nc1nc(N)c(O)[n+]([O-])c1O. The van der Waals surface area contributed by atoms with Gasteiger partial charge in [0.25, 0.3) is 0 Å². The van der Waals surface area contributed by atoms with Crippen LogP contribution < -0.4 is 16.2 Å². The van der Waals surface area contributed by atoms with E-state index in [1.165, 1.54) is 0 Å². The first-order valence-electron chi connectivity index (χ1n) is 2.60. The molecule has 0 aliphatic heterocycles. The van der Waals surface area contributed by atoms with Crippen LogP contribution >= 0.6 is 0 Å². The van der Waals surface area contributed by atoms with Gasteiger partial charge in [-0.25, -0.2) is 0 Å². The lowest BCUT2D eigenvalue weighted by Gasteiger charge is -2.02. The van der Waals surface area contributed by atoms with E-state index in [2.05, 4.69) is 4.98 Å². The van der Waals surface area contributed by atoms with Crippen LogP contribution in [0.25, 0.3) is 0 Å². The topological polar surface area (TPSA) is 132 Å². The normalized spacial score (nSPS) is 9.82. The van der Waals surface area contributed by atoms with Crippen molar-refractivity contribution in [2.24, 2.45) is 0 Å². The molecule has 1 rings (SSSR count). The summed E-state index contributed by atoms with van der Waals surface area (Å²) in [6.45, 7) is 0. The van der Waals surface area contributed by atoms with Gasteiger partial charge in [-0.15, -0.1) is 0 Å². The Labute approximate surface area is 61.1 Å². The fraction of sp³-hybridized carbons (Fsp3) is 0. The zero-order valence-electron chi connectivity index (χ0n) is 5.35. The van der Waals surface area contributed by atoms with E-state index in [0.717, 1.165) is 0 Å². The minimum Gasteiger partial charge on any atom is -0.613 e. The summed E-state index contributed by atoms with van der Waals surface area (Å²) in [6, 6.07) is 0. The van der Waals surface area contributed by atoms with E-state index >= 15 is 0 Å². The second-order valence-electron chi connectivity index (χ2n) is 1.82. The molecule has 0 fully saturated rings. The number of anilines is 2. The zero-order valence-corrected chi connectivity index (χ0v) is 5.35. The van der Waals surface area contributed by atoms with Gasteiger partial charge in [0.05, 0.1) is 0 Å². The summed E-state index contributed by atoms with van der Waals surface area (Å²) in [6.07, 6.45) is 0. The molecule has 7 nitrogen and oxygen atoms in total. The zero-order chi connectivity index (χ0) is 8.59. The molecular weight excluding hydrogens is 152 g/mol. The van der Waals surface area contributed by atoms with Crippen LogP contribution in [0, 0.1) is 5.21 Å². The Kier molecular flexibility index (Phi) is 1.34. The van der Waals surface area contributed by atoms with Gasteiger partial charge in [-0.1, -0.05) is 4.73 Å². The molecule has 0 aliphatic carbocycles. The van der Waals surface area contributed by atoms with Crippen LogP contribution in [0.5, 0.6) is 11.8 Å². The third-order valence-electron chi connectivity index (χ3n) is 1.08. The standard InChI is InChI=1S/C4H6N4O3/c5-1-3(9)8(11)4(10)2(6)7-1/h9-10H,(H4,5,6,7). The summed E-state index contributed by atoms with van der Waals surface area (Å²) in [5, 5.41) is 28.1. The van der Waals surface area contributed by atoms with Crippen molar-refractivity contribution in [3.63, 3.8) is 0 Å². The van der Waals surface area contributed by atoms with Crippen molar-refractivity contribution in [1.29, 1.82) is 0 Å². The lowest BCUT2D eigenvalue weighted by atomic mass is 10.6. The highest BCUT2D eigenvalue weighted by atomic mass is 16.5. The molecule has 0 aromatic carbocycles. The Hall–Kier alpha value is -1.92. The summed E-state index contributed by atoms with van der Waals surface area (Å²) >= 11 is 0. The Morgan fingerprint density at radius 2 is 1.55 bits per heavy atom. The van der Waals surface area contributed by atoms with Crippen molar-refractivity contribution in [3.8, 4) is 11.8 Å². The molecule has 1 aromatic rings. The predicted octanol–water partition coefficient (Wildman–Crippen LogP) is -1.71. The molecule has 0 unspecified atom stereocenters. The van der Waals surface area contributed by atoms with Crippen molar-refractivity contribution in [2.45, 2.75) is 0 Å². The first-order valence-corrected chi connectivity index (χ1v) is 2.60. The van der Waals surface area contributed by atoms with Gasteiger partial charge >= 0.3 is 11.8 Å². The summed E-state index contributed by atoms with van der Waals surface area (Å²) in [5.41, 5.74) is 10.0. The van der Waals surface area contributed by atoms with Gasteiger partial charge in [0.1, 0.15) is 0 Å². The Morgan fingerprint density at radius 1 is 1.18 bits per heavy atom. The monoisotopic (exact) mass is 158 g/mol. The maximum Gasteiger partial charge on any atom is 0.424 e. The number of nitrogen functional groups attached to an aromatic ring is 2. The molecule has 0 aliphatic rings. The van der Waals surface area contributed by atoms with Gasteiger partial charge < -0.3 is 26.9 Å². The number of hydrogen-bond acceptors (Lipinski definition) is 6. The highest BCUT2D eigenvalue weighted by Crippen LogP contribution is 2.19. The van der Waals surface area contributed by atoms with E-state index in [1.807, 2.05) is 0 Å². The van der Waals surface area contributed by atoms with Crippen molar-refractivity contribution < 1.29 is 14.9 Å². The molecule has 0 atom stereocenters. The van der Waals surface area contributed by atoms with Crippen molar-refractivity contribution in [3.05, 3.63) is 5.21 Å². The lowest BCUT2D eigenvalue weighted by Crippen LogP contribution is -2.29. The summed E-state index contributed by atoms with van der Waals surface area (Å²) in [5.74, 6) is -2.57. The molecule has 6 N–H and O–H groups in total. The van der Waals surface area contributed by atoms with Gasteiger partial charge in [-0.3, -0.25) is 0 Å². The number of nitrogens with two attached hydrogens (primary N) is 2. The largest absolute Gasteiger partial charge is 0.613 e. The maximum atomic E-state index is 10.6. The molecule has 0 saturated heterocycles. The molecule has 1 aromatic heterocycles. The Bertz CT molecular complexity index is 274. The van der Waals surface area contributed by atoms with Crippen molar-refractivity contribution in [2.75, 3.05) is 11.5 Å². The molecule has 0 spiro atoms. The second-order valence-corrected chi connectivity index (χ2v) is 1.82. The smallest absolute Gasteiger partial charge is 0.424 e. The highest BCUT2D eigenvalue weighted by molar-refractivity contribution is 5.46. The van der Waals surface area contributed by atoms with Crippen LogP contribution in [0.1, 0.15) is 0 Å². The van der Waals surface area contributed by atoms with Crippen LogP contribution in [0.15, 0.2) is 0 Å².